The number of benzene rings is 2. The number of allylic oxidation sites excluding steroid dienone is 3. The van der Waals surface area contributed by atoms with Crippen LogP contribution in [0.3, 0.4) is 0 Å². The predicted octanol–water partition coefficient (Wildman–Crippen LogP) is 6.92. The summed E-state index contributed by atoms with van der Waals surface area (Å²) in [5.41, 5.74) is 18.3. The van der Waals surface area contributed by atoms with Gasteiger partial charge in [-0.25, -0.2) is 0 Å². The van der Waals surface area contributed by atoms with Crippen LogP contribution in [0.2, 0.25) is 0 Å². The Labute approximate surface area is 289 Å². The molecule has 1 saturated carbocycles. The Bertz CT molecular complexity index is 1770. The van der Waals surface area contributed by atoms with Crippen LogP contribution in [0, 0.1) is 11.8 Å². The molecule has 1 fully saturated rings. The lowest BCUT2D eigenvalue weighted by atomic mass is 9.52. The number of nitrogens with zero attached hydrogens (tertiary/aromatic N) is 2. The number of carbonyl (C=O) groups is 1. The summed E-state index contributed by atoms with van der Waals surface area (Å²) in [6.07, 6.45) is 15.6. The molecule has 8 nitrogen and oxygen atoms in total. The number of ether oxygens (including phenoxy) is 1. The number of phenolic OH excluding ortho intramolecular Hbond substituents is 1. The largest absolute Gasteiger partial charge is 0.504 e. The molecule has 0 spiro atoms. The molecule has 0 saturated heterocycles. The van der Waals surface area contributed by atoms with E-state index in [2.05, 4.69) is 47.7 Å². The van der Waals surface area contributed by atoms with Crippen molar-refractivity contribution in [1.29, 1.82) is 0 Å². The molecule has 3 aliphatic carbocycles. The van der Waals surface area contributed by atoms with Crippen molar-refractivity contribution in [3.05, 3.63) is 87.9 Å². The molecular formula is C41H50N4O4. The summed E-state index contributed by atoms with van der Waals surface area (Å²) in [4.78, 5) is 19.7. The minimum absolute atomic E-state index is 0.0630. The number of unbranched alkanes of at least 4 members (excludes halogenated alkanes) is 2. The molecule has 8 rings (SSSR count). The first kappa shape index (κ1) is 32.3. The highest BCUT2D eigenvalue weighted by Crippen LogP contribution is 2.65. The second-order valence-corrected chi connectivity index (χ2v) is 15.1. The zero-order valence-corrected chi connectivity index (χ0v) is 28.7. The SMILES string of the molecule is CCCCC[C@@H](O)CC(=O)CCc1ccc(O)c(OCN2C=C3C([C@]45CCC[C@H]4[C@@H]4CCCC6=C4c4c(cccc45)[C@H](N)N6)=CN=C3C2)c1. The molecule has 5 N–H and O–H groups in total. The standard InChI is InChI=1S/C41H50N4O4/c1-2-3-4-8-26(46)20-27(47)16-14-25-15-17-36(48)37(19-25)49-24-45-22-30-33(21-43-35(30)23-45)41-18-7-12-31(41)28-9-6-13-34-39(28)38-29(40(42)44-34)10-5-11-32(38)41/h5,10-11,15,17,19,21-22,26,28,31,40,44,46,48H,2-4,6-9,12-14,16,18,20,23-24,42H2,1H3/t26-,28+,31+,40-,41-/m1/s1. The van der Waals surface area contributed by atoms with E-state index in [4.69, 9.17) is 15.5 Å². The lowest BCUT2D eigenvalue weighted by Gasteiger charge is -2.52. The van der Waals surface area contributed by atoms with E-state index in [0.717, 1.165) is 43.4 Å². The molecule has 0 radical (unpaired) electrons. The molecule has 0 bridgehead atoms. The molecule has 0 amide bonds. The highest BCUT2D eigenvalue weighted by atomic mass is 16.5. The maximum atomic E-state index is 12.5. The van der Waals surface area contributed by atoms with E-state index in [-0.39, 0.29) is 36.3 Å². The van der Waals surface area contributed by atoms with Crippen molar-refractivity contribution in [2.24, 2.45) is 22.6 Å². The van der Waals surface area contributed by atoms with Gasteiger partial charge in [0.2, 0.25) is 0 Å². The first-order chi connectivity index (χ1) is 23.9. The van der Waals surface area contributed by atoms with Gasteiger partial charge in [-0.1, -0.05) is 56.9 Å². The molecule has 5 atom stereocenters. The monoisotopic (exact) mass is 662 g/mol. The summed E-state index contributed by atoms with van der Waals surface area (Å²) in [5, 5.41) is 24.5. The van der Waals surface area contributed by atoms with Crippen molar-refractivity contribution in [1.82, 2.24) is 10.2 Å². The van der Waals surface area contributed by atoms with Crippen LogP contribution in [0.15, 0.2) is 70.6 Å². The first-order valence-corrected chi connectivity index (χ1v) is 18.6. The Balaban J connectivity index is 0.982. The first-order valence-electron chi connectivity index (χ1n) is 18.6. The molecule has 49 heavy (non-hydrogen) atoms. The Morgan fingerprint density at radius 2 is 2.10 bits per heavy atom. The minimum atomic E-state index is -0.563. The molecule has 3 heterocycles. The lowest BCUT2D eigenvalue weighted by molar-refractivity contribution is -0.121. The number of hydrogen-bond donors (Lipinski definition) is 4. The summed E-state index contributed by atoms with van der Waals surface area (Å²) in [7, 11) is 0. The van der Waals surface area contributed by atoms with E-state index in [1.165, 1.54) is 59.2 Å². The third-order valence-electron chi connectivity index (χ3n) is 12.2. The highest BCUT2D eigenvalue weighted by molar-refractivity contribution is 6.10. The van der Waals surface area contributed by atoms with Gasteiger partial charge in [-0.3, -0.25) is 9.79 Å². The maximum Gasteiger partial charge on any atom is 0.163 e. The number of phenols is 1. The van der Waals surface area contributed by atoms with Gasteiger partial charge in [0.15, 0.2) is 18.2 Å². The number of aliphatic imine (C=N–C) groups is 1. The van der Waals surface area contributed by atoms with Crippen LogP contribution in [0.5, 0.6) is 11.5 Å². The number of nitrogens with one attached hydrogen (secondary N) is 1. The predicted molar refractivity (Wildman–Crippen MR) is 192 cm³/mol. The maximum absolute atomic E-state index is 12.5. The van der Waals surface area contributed by atoms with E-state index < -0.39 is 6.10 Å². The van der Waals surface area contributed by atoms with E-state index in [0.29, 0.717) is 43.4 Å². The van der Waals surface area contributed by atoms with Gasteiger partial charge in [0.25, 0.3) is 0 Å². The van der Waals surface area contributed by atoms with Gasteiger partial charge in [0.05, 0.1) is 18.4 Å². The summed E-state index contributed by atoms with van der Waals surface area (Å²) in [5.74, 6) is 1.63. The van der Waals surface area contributed by atoms with Gasteiger partial charge in [-0.15, -0.1) is 0 Å². The van der Waals surface area contributed by atoms with Crippen LogP contribution in [0.1, 0.15) is 112 Å². The number of nitrogens with two attached hydrogens (primary N) is 1. The number of carbonyl (C=O) groups excluding carboxylic acids is 1. The van der Waals surface area contributed by atoms with Crippen LogP contribution >= 0.6 is 0 Å². The van der Waals surface area contributed by atoms with Crippen LogP contribution in [0.25, 0.3) is 5.57 Å². The third-order valence-corrected chi connectivity index (χ3v) is 12.2. The smallest absolute Gasteiger partial charge is 0.163 e. The molecule has 2 aromatic rings. The summed E-state index contributed by atoms with van der Waals surface area (Å²) < 4.78 is 6.20. The Kier molecular flexibility index (Phi) is 8.65. The van der Waals surface area contributed by atoms with Gasteiger partial charge in [-0.05, 0) is 102 Å². The molecule has 0 unspecified atom stereocenters. The Morgan fingerprint density at radius 1 is 1.20 bits per heavy atom. The molecule has 258 valence electrons. The van der Waals surface area contributed by atoms with Crippen molar-refractivity contribution in [2.45, 2.75) is 108 Å². The van der Waals surface area contributed by atoms with Crippen LogP contribution in [-0.2, 0) is 16.6 Å². The van der Waals surface area contributed by atoms with Gasteiger partial charge in [0.1, 0.15) is 11.9 Å². The second kappa shape index (κ2) is 13.1. The van der Waals surface area contributed by atoms with Gasteiger partial charge in [-0.2, -0.15) is 0 Å². The quantitative estimate of drug-likeness (QED) is 0.172. The Morgan fingerprint density at radius 3 is 2.98 bits per heavy atom. The van der Waals surface area contributed by atoms with E-state index in [9.17, 15) is 15.0 Å². The van der Waals surface area contributed by atoms with Gasteiger partial charge in [0, 0.05) is 41.9 Å². The van der Waals surface area contributed by atoms with Crippen LogP contribution in [0.4, 0.5) is 0 Å². The number of aliphatic hydroxyl groups is 1. The molecule has 6 aliphatic rings. The zero-order valence-electron chi connectivity index (χ0n) is 28.7. The summed E-state index contributed by atoms with van der Waals surface area (Å²) >= 11 is 0. The van der Waals surface area contributed by atoms with Gasteiger partial charge < -0.3 is 30.9 Å². The summed E-state index contributed by atoms with van der Waals surface area (Å²) in [6.45, 7) is 3.07. The number of aryl methyl sites for hydroxylation is 1. The normalized spacial score (nSPS) is 26.7. The number of fused-ring (bicyclic) bond motifs is 4. The average Bonchev–Trinajstić information content (AvgIpc) is 3.82. The topological polar surface area (TPSA) is 120 Å². The molecule has 0 aromatic heterocycles. The number of ketones is 1. The second-order valence-electron chi connectivity index (χ2n) is 15.1. The van der Waals surface area contributed by atoms with Crippen molar-refractivity contribution < 1.29 is 19.7 Å². The average molecular weight is 663 g/mol. The van der Waals surface area contributed by atoms with Crippen molar-refractivity contribution in [2.75, 3.05) is 13.3 Å². The van der Waals surface area contributed by atoms with E-state index in [1.807, 2.05) is 12.1 Å². The fourth-order valence-corrected chi connectivity index (χ4v) is 9.98. The summed E-state index contributed by atoms with van der Waals surface area (Å²) in [6, 6.07) is 12.1. The molecule has 2 aromatic carbocycles. The fraction of sp³-hybridized carbons (Fsp3) is 0.512. The minimum Gasteiger partial charge on any atom is -0.504 e. The Hall–Kier alpha value is -3.88. The van der Waals surface area contributed by atoms with E-state index in [1.54, 1.807) is 11.6 Å². The number of hydrogen-bond acceptors (Lipinski definition) is 8. The number of aromatic hydroxyl groups is 1. The number of Topliss-reactive ketones (excluding diaryl/α,β-unsaturated/α-hetero) is 1. The third kappa shape index (κ3) is 5.61. The van der Waals surface area contributed by atoms with Crippen LogP contribution in [-0.4, -0.2) is 46.0 Å². The molecular weight excluding hydrogens is 612 g/mol. The number of aliphatic hydroxyl groups excluding tert-OH is 1. The van der Waals surface area contributed by atoms with Crippen LogP contribution < -0.4 is 15.8 Å². The number of rotatable bonds is 13. The zero-order chi connectivity index (χ0) is 33.7. The lowest BCUT2D eigenvalue weighted by Crippen LogP contribution is -2.47. The van der Waals surface area contributed by atoms with Gasteiger partial charge >= 0.3 is 0 Å². The molecule has 3 aliphatic heterocycles. The highest BCUT2D eigenvalue weighted by Gasteiger charge is 2.58. The molecule has 8 heteroatoms. The van der Waals surface area contributed by atoms with Crippen molar-refractivity contribution in [3.63, 3.8) is 0 Å². The fourth-order valence-electron chi connectivity index (χ4n) is 9.98. The van der Waals surface area contributed by atoms with Crippen molar-refractivity contribution in [3.8, 4) is 11.5 Å². The van der Waals surface area contributed by atoms with Crippen molar-refractivity contribution >= 4 is 17.1 Å². The van der Waals surface area contributed by atoms with E-state index >= 15 is 0 Å².